The first-order chi connectivity index (χ1) is 7.06. The summed E-state index contributed by atoms with van der Waals surface area (Å²) in [4.78, 5) is 0. The van der Waals surface area contributed by atoms with Gasteiger partial charge in [0.1, 0.15) is 0 Å². The lowest BCUT2D eigenvalue weighted by Gasteiger charge is -2.27. The third-order valence-electron chi connectivity index (χ3n) is 3.22. The molecule has 1 aromatic rings. The van der Waals surface area contributed by atoms with Crippen molar-refractivity contribution in [2.45, 2.75) is 25.8 Å². The summed E-state index contributed by atoms with van der Waals surface area (Å²) in [6.07, 6.45) is 3.22. The van der Waals surface area contributed by atoms with E-state index >= 15 is 0 Å². The van der Waals surface area contributed by atoms with Crippen LogP contribution in [0.25, 0.3) is 5.57 Å². The van der Waals surface area contributed by atoms with E-state index in [2.05, 4.69) is 31.3 Å². The van der Waals surface area contributed by atoms with Gasteiger partial charge in [0, 0.05) is 10.6 Å². The van der Waals surface area contributed by atoms with Crippen LogP contribution in [0, 0.1) is 0 Å². The van der Waals surface area contributed by atoms with Gasteiger partial charge in [-0.25, -0.2) is 0 Å². The maximum atomic E-state index is 6.17. The molecule has 0 aliphatic heterocycles. The minimum absolute atomic E-state index is 0.00985. The minimum atomic E-state index is 0.00985. The molecule has 0 bridgehead atoms. The van der Waals surface area contributed by atoms with Crippen LogP contribution >= 0.6 is 11.6 Å². The highest BCUT2D eigenvalue weighted by Gasteiger charge is 2.27. The van der Waals surface area contributed by atoms with Gasteiger partial charge in [-0.15, -0.1) is 0 Å². The van der Waals surface area contributed by atoms with Gasteiger partial charge in [-0.1, -0.05) is 29.8 Å². The second kappa shape index (κ2) is 3.66. The molecular formula is C13H16ClN. The van der Waals surface area contributed by atoms with Crippen LogP contribution in [0.5, 0.6) is 0 Å². The van der Waals surface area contributed by atoms with E-state index in [4.69, 9.17) is 11.6 Å². The smallest absolute Gasteiger partial charge is 0.0447 e. The zero-order valence-corrected chi connectivity index (χ0v) is 10.2. The van der Waals surface area contributed by atoms with Crippen molar-refractivity contribution < 1.29 is 0 Å². The molecule has 80 valence electrons. The Hall–Kier alpha value is -0.790. The summed E-state index contributed by atoms with van der Waals surface area (Å²) in [6.45, 7) is 4.38. The number of halogens is 1. The van der Waals surface area contributed by atoms with Gasteiger partial charge in [-0.3, -0.25) is 0 Å². The molecule has 1 aliphatic rings. The summed E-state index contributed by atoms with van der Waals surface area (Å²) in [7, 11) is 1.99. The molecule has 0 radical (unpaired) electrons. The average molecular weight is 222 g/mol. The molecule has 0 heterocycles. The van der Waals surface area contributed by atoms with Crippen molar-refractivity contribution in [3.05, 3.63) is 40.4 Å². The Morgan fingerprint density at radius 1 is 1.33 bits per heavy atom. The van der Waals surface area contributed by atoms with Gasteiger partial charge in [-0.05, 0) is 50.1 Å². The van der Waals surface area contributed by atoms with Crippen LogP contribution in [0.2, 0.25) is 5.02 Å². The standard InChI is InChI=1S/C13H16ClN/c1-13(2,15-3)11-8-7-10-9(11)5-4-6-12(10)14/h4-6,8,15H,7H2,1-3H3. The number of nitrogens with one attached hydrogen (secondary N) is 1. The van der Waals surface area contributed by atoms with E-state index in [0.29, 0.717) is 0 Å². The summed E-state index contributed by atoms with van der Waals surface area (Å²) in [6, 6.07) is 6.13. The molecule has 0 unspecified atom stereocenters. The van der Waals surface area contributed by atoms with Gasteiger partial charge in [0.15, 0.2) is 0 Å². The van der Waals surface area contributed by atoms with Crippen molar-refractivity contribution in [3.8, 4) is 0 Å². The first-order valence-electron chi connectivity index (χ1n) is 5.23. The second-order valence-corrected chi connectivity index (χ2v) is 4.87. The van der Waals surface area contributed by atoms with Crippen molar-refractivity contribution in [1.82, 2.24) is 5.32 Å². The minimum Gasteiger partial charge on any atom is -0.311 e. The third-order valence-corrected chi connectivity index (χ3v) is 3.57. The quantitative estimate of drug-likeness (QED) is 0.808. The molecule has 0 spiro atoms. The van der Waals surface area contributed by atoms with Crippen LogP contribution in [0.4, 0.5) is 0 Å². The number of allylic oxidation sites excluding steroid dienone is 1. The van der Waals surface area contributed by atoms with Crippen molar-refractivity contribution >= 4 is 17.2 Å². The zero-order chi connectivity index (χ0) is 11.1. The highest BCUT2D eigenvalue weighted by atomic mass is 35.5. The molecule has 2 heteroatoms. The Balaban J connectivity index is 2.48. The number of fused-ring (bicyclic) bond motifs is 1. The van der Waals surface area contributed by atoms with Gasteiger partial charge in [0.2, 0.25) is 0 Å². The van der Waals surface area contributed by atoms with Crippen LogP contribution < -0.4 is 5.32 Å². The molecule has 0 atom stereocenters. The monoisotopic (exact) mass is 221 g/mol. The van der Waals surface area contributed by atoms with E-state index < -0.39 is 0 Å². The summed E-state index contributed by atoms with van der Waals surface area (Å²) in [5.41, 5.74) is 3.91. The normalized spacial score (nSPS) is 15.1. The Morgan fingerprint density at radius 2 is 2.07 bits per heavy atom. The number of hydrogen-bond acceptors (Lipinski definition) is 1. The second-order valence-electron chi connectivity index (χ2n) is 4.46. The molecule has 1 aliphatic carbocycles. The summed E-state index contributed by atoms with van der Waals surface area (Å²) >= 11 is 6.17. The van der Waals surface area contributed by atoms with Crippen molar-refractivity contribution in [2.75, 3.05) is 7.05 Å². The van der Waals surface area contributed by atoms with Crippen LogP contribution in [0.15, 0.2) is 24.3 Å². The predicted molar refractivity (Wildman–Crippen MR) is 66.3 cm³/mol. The van der Waals surface area contributed by atoms with E-state index in [0.717, 1.165) is 11.4 Å². The highest BCUT2D eigenvalue weighted by molar-refractivity contribution is 6.31. The lowest BCUT2D eigenvalue weighted by Crippen LogP contribution is -2.37. The summed E-state index contributed by atoms with van der Waals surface area (Å²) in [5.74, 6) is 0. The third kappa shape index (κ3) is 1.70. The number of hydrogen-bond donors (Lipinski definition) is 1. The fourth-order valence-corrected chi connectivity index (χ4v) is 2.31. The number of likely N-dealkylation sites (N-methyl/N-ethyl adjacent to an activating group) is 1. The molecular weight excluding hydrogens is 206 g/mol. The summed E-state index contributed by atoms with van der Waals surface area (Å²) in [5, 5.41) is 4.21. The maximum Gasteiger partial charge on any atom is 0.0447 e. The van der Waals surface area contributed by atoms with E-state index in [1.54, 1.807) is 0 Å². The highest BCUT2D eigenvalue weighted by Crippen LogP contribution is 2.37. The fourth-order valence-electron chi connectivity index (χ4n) is 2.06. The van der Waals surface area contributed by atoms with E-state index in [-0.39, 0.29) is 5.54 Å². The van der Waals surface area contributed by atoms with Gasteiger partial charge in [0.25, 0.3) is 0 Å². The molecule has 0 saturated heterocycles. The van der Waals surface area contributed by atoms with Crippen LogP contribution in [-0.4, -0.2) is 12.6 Å². The van der Waals surface area contributed by atoms with Gasteiger partial charge >= 0.3 is 0 Å². The lowest BCUT2D eigenvalue weighted by atomic mass is 9.90. The Labute approximate surface area is 96.1 Å². The van der Waals surface area contributed by atoms with Crippen molar-refractivity contribution in [2.24, 2.45) is 0 Å². The van der Waals surface area contributed by atoms with Gasteiger partial charge in [-0.2, -0.15) is 0 Å². The molecule has 0 amide bonds. The topological polar surface area (TPSA) is 12.0 Å². The van der Waals surface area contributed by atoms with Crippen molar-refractivity contribution in [1.29, 1.82) is 0 Å². The largest absolute Gasteiger partial charge is 0.311 e. The van der Waals surface area contributed by atoms with Crippen LogP contribution in [0.1, 0.15) is 25.0 Å². The van der Waals surface area contributed by atoms with Crippen LogP contribution in [-0.2, 0) is 6.42 Å². The number of benzene rings is 1. The maximum absolute atomic E-state index is 6.17. The molecule has 0 fully saturated rings. The fraction of sp³-hybridized carbons (Fsp3) is 0.385. The van der Waals surface area contributed by atoms with E-state index in [1.165, 1.54) is 16.7 Å². The molecule has 0 aromatic heterocycles. The van der Waals surface area contributed by atoms with Gasteiger partial charge in [0.05, 0.1) is 0 Å². The molecule has 1 nitrogen and oxygen atoms in total. The van der Waals surface area contributed by atoms with Gasteiger partial charge < -0.3 is 5.32 Å². The van der Waals surface area contributed by atoms with E-state index in [1.807, 2.05) is 19.2 Å². The zero-order valence-electron chi connectivity index (χ0n) is 9.39. The first-order valence-corrected chi connectivity index (χ1v) is 5.61. The van der Waals surface area contributed by atoms with Crippen molar-refractivity contribution in [3.63, 3.8) is 0 Å². The first kappa shape index (κ1) is 10.7. The van der Waals surface area contributed by atoms with Crippen LogP contribution in [0.3, 0.4) is 0 Å². The number of rotatable bonds is 2. The molecule has 1 N–H and O–H groups in total. The molecule has 2 rings (SSSR count). The van der Waals surface area contributed by atoms with E-state index in [9.17, 15) is 0 Å². The Kier molecular flexibility index (Phi) is 2.61. The average Bonchev–Trinajstić information content (AvgIpc) is 2.63. The molecule has 0 saturated carbocycles. The Morgan fingerprint density at radius 3 is 2.73 bits per heavy atom. The lowest BCUT2D eigenvalue weighted by molar-refractivity contribution is 0.546. The Bertz CT molecular complexity index is 419. The predicted octanol–water partition coefficient (Wildman–Crippen LogP) is 3.28. The summed E-state index contributed by atoms with van der Waals surface area (Å²) < 4.78 is 0. The molecule has 1 aromatic carbocycles. The molecule has 15 heavy (non-hydrogen) atoms. The SMILES string of the molecule is CNC(C)(C)C1=CCc2c(Cl)cccc21.